The van der Waals surface area contributed by atoms with Gasteiger partial charge in [0.25, 0.3) is 0 Å². The number of H-pyrrole nitrogens is 1. The first kappa shape index (κ1) is 17.5. The van der Waals surface area contributed by atoms with Crippen LogP contribution < -0.4 is 0 Å². The summed E-state index contributed by atoms with van der Waals surface area (Å²) < 4.78 is 5.07. The predicted octanol–water partition coefficient (Wildman–Crippen LogP) is 6.22. The van der Waals surface area contributed by atoms with Gasteiger partial charge in [-0.3, -0.25) is 0 Å². The topological polar surface area (TPSA) is 74.9 Å². The van der Waals surface area contributed by atoms with Crippen molar-refractivity contribution in [3.63, 3.8) is 0 Å². The fourth-order valence-corrected chi connectivity index (χ4v) is 3.53. The molecule has 0 saturated carbocycles. The minimum atomic E-state index is 0.211. The molecule has 0 amide bonds. The summed E-state index contributed by atoms with van der Waals surface area (Å²) in [6.45, 7) is 1.76. The van der Waals surface area contributed by atoms with E-state index in [0.29, 0.717) is 16.7 Å². The maximum absolute atomic E-state index is 10.5. The summed E-state index contributed by atoms with van der Waals surface area (Å²) in [6, 6.07) is 21.1. The van der Waals surface area contributed by atoms with Gasteiger partial charge in [0.15, 0.2) is 0 Å². The number of phenolic OH excluding ortho intramolecular Hbond substituents is 1. The monoisotopic (exact) mass is 401 g/mol. The first-order valence-electron chi connectivity index (χ1n) is 9.09. The van der Waals surface area contributed by atoms with Gasteiger partial charge in [-0.25, -0.2) is 0 Å². The molecular formula is C23H16ClN3O2. The number of rotatable bonds is 3. The molecule has 29 heavy (non-hydrogen) atoms. The van der Waals surface area contributed by atoms with E-state index in [1.54, 1.807) is 13.0 Å². The molecule has 5 aromatic rings. The normalized spacial score (nSPS) is 11.2. The third-order valence-corrected chi connectivity index (χ3v) is 5.12. The van der Waals surface area contributed by atoms with Crippen LogP contribution in [0.4, 0.5) is 0 Å². The first-order chi connectivity index (χ1) is 14.1. The number of aromatic amines is 1. The first-order valence-corrected chi connectivity index (χ1v) is 9.47. The summed E-state index contributed by atoms with van der Waals surface area (Å²) in [4.78, 5) is 7.66. The number of hydrogen-bond donors (Lipinski definition) is 2. The van der Waals surface area contributed by atoms with Crippen molar-refractivity contribution in [3.8, 4) is 39.5 Å². The van der Waals surface area contributed by atoms with Crippen LogP contribution in [0.15, 0.2) is 71.3 Å². The van der Waals surface area contributed by atoms with Gasteiger partial charge in [0.1, 0.15) is 5.75 Å². The van der Waals surface area contributed by atoms with Crippen molar-refractivity contribution in [1.82, 2.24) is 15.1 Å². The van der Waals surface area contributed by atoms with Gasteiger partial charge in [0, 0.05) is 34.0 Å². The molecule has 2 N–H and O–H groups in total. The molecule has 0 bridgehead atoms. The van der Waals surface area contributed by atoms with Gasteiger partial charge in [0.05, 0.1) is 5.69 Å². The van der Waals surface area contributed by atoms with Crippen LogP contribution in [0.1, 0.15) is 5.89 Å². The Morgan fingerprint density at radius 3 is 2.41 bits per heavy atom. The Balaban J connectivity index is 1.58. The highest BCUT2D eigenvalue weighted by Crippen LogP contribution is 2.35. The summed E-state index contributed by atoms with van der Waals surface area (Å²) in [5.74, 6) is 1.29. The van der Waals surface area contributed by atoms with Crippen LogP contribution in [0.2, 0.25) is 5.02 Å². The van der Waals surface area contributed by atoms with E-state index < -0.39 is 0 Å². The lowest BCUT2D eigenvalue weighted by Gasteiger charge is -2.07. The standard InChI is InChI=1S/C23H16ClN3O2/c1-13-25-23(27-29-13)16-4-8-20-17(10-16)12-21(26-20)19-11-15(5-9-22(19)28)14-2-6-18(24)7-3-14/h2-12,26,28H,1H3. The van der Waals surface area contributed by atoms with Crippen LogP contribution in [0, 0.1) is 6.92 Å². The molecule has 0 unspecified atom stereocenters. The highest BCUT2D eigenvalue weighted by atomic mass is 35.5. The van der Waals surface area contributed by atoms with Crippen LogP contribution in [-0.4, -0.2) is 20.2 Å². The number of benzene rings is 3. The van der Waals surface area contributed by atoms with Crippen LogP contribution in [0.3, 0.4) is 0 Å². The Bertz CT molecular complexity index is 1340. The Kier molecular flexibility index (Phi) is 4.11. The summed E-state index contributed by atoms with van der Waals surface area (Å²) >= 11 is 6.00. The quantitative estimate of drug-likeness (QED) is 0.376. The highest BCUT2D eigenvalue weighted by Gasteiger charge is 2.12. The summed E-state index contributed by atoms with van der Waals surface area (Å²) in [5.41, 5.74) is 5.41. The Morgan fingerprint density at radius 2 is 1.66 bits per heavy atom. The van der Waals surface area contributed by atoms with E-state index in [0.717, 1.165) is 38.9 Å². The predicted molar refractivity (Wildman–Crippen MR) is 114 cm³/mol. The van der Waals surface area contributed by atoms with Crippen molar-refractivity contribution in [1.29, 1.82) is 0 Å². The van der Waals surface area contributed by atoms with E-state index in [4.69, 9.17) is 16.1 Å². The van der Waals surface area contributed by atoms with Gasteiger partial charge in [-0.05, 0) is 59.7 Å². The highest BCUT2D eigenvalue weighted by molar-refractivity contribution is 6.30. The molecule has 0 fully saturated rings. The van der Waals surface area contributed by atoms with Crippen LogP contribution in [0.25, 0.3) is 44.7 Å². The second kappa shape index (κ2) is 6.79. The van der Waals surface area contributed by atoms with E-state index in [1.807, 2.05) is 60.7 Å². The van der Waals surface area contributed by atoms with Crippen molar-refractivity contribution in [2.75, 3.05) is 0 Å². The molecule has 2 heterocycles. The van der Waals surface area contributed by atoms with Gasteiger partial charge in [-0.2, -0.15) is 4.98 Å². The van der Waals surface area contributed by atoms with E-state index in [2.05, 4.69) is 15.1 Å². The lowest BCUT2D eigenvalue weighted by molar-refractivity contribution is 0.394. The average Bonchev–Trinajstić information content (AvgIpc) is 3.34. The molecule has 2 aromatic heterocycles. The third-order valence-electron chi connectivity index (χ3n) is 4.87. The molecule has 0 atom stereocenters. The number of hydrogen-bond acceptors (Lipinski definition) is 4. The number of aromatic nitrogens is 3. The van der Waals surface area contributed by atoms with Gasteiger partial charge < -0.3 is 14.6 Å². The van der Waals surface area contributed by atoms with Crippen LogP contribution in [0.5, 0.6) is 5.75 Å². The van der Waals surface area contributed by atoms with E-state index in [-0.39, 0.29) is 5.75 Å². The van der Waals surface area contributed by atoms with Crippen molar-refractivity contribution in [3.05, 3.63) is 77.6 Å². The molecule has 142 valence electrons. The lowest BCUT2D eigenvalue weighted by Crippen LogP contribution is -1.83. The maximum atomic E-state index is 10.5. The number of aromatic hydroxyl groups is 1. The number of fused-ring (bicyclic) bond motifs is 1. The molecule has 5 rings (SSSR count). The maximum Gasteiger partial charge on any atom is 0.223 e. The number of phenols is 1. The zero-order chi connectivity index (χ0) is 20.0. The summed E-state index contributed by atoms with van der Waals surface area (Å²) in [5, 5.41) is 16.1. The van der Waals surface area contributed by atoms with Crippen molar-refractivity contribution >= 4 is 22.5 Å². The molecular weight excluding hydrogens is 386 g/mol. The van der Waals surface area contributed by atoms with E-state index in [9.17, 15) is 5.11 Å². The van der Waals surface area contributed by atoms with Crippen LogP contribution in [-0.2, 0) is 0 Å². The van der Waals surface area contributed by atoms with E-state index in [1.165, 1.54) is 0 Å². The van der Waals surface area contributed by atoms with Gasteiger partial charge >= 0.3 is 0 Å². The molecule has 0 aliphatic carbocycles. The lowest BCUT2D eigenvalue weighted by atomic mass is 10.0. The second-order valence-corrected chi connectivity index (χ2v) is 7.30. The Hall–Kier alpha value is -3.57. The molecule has 0 spiro atoms. The van der Waals surface area contributed by atoms with Gasteiger partial charge in [0.2, 0.25) is 11.7 Å². The molecule has 3 aromatic carbocycles. The molecule has 6 heteroatoms. The summed E-state index contributed by atoms with van der Waals surface area (Å²) in [6.07, 6.45) is 0. The fourth-order valence-electron chi connectivity index (χ4n) is 3.41. The number of nitrogens with one attached hydrogen (secondary N) is 1. The van der Waals surface area contributed by atoms with Gasteiger partial charge in [-0.1, -0.05) is 35.0 Å². The molecule has 0 radical (unpaired) electrons. The average molecular weight is 402 g/mol. The Labute approximate surface area is 171 Å². The number of halogens is 1. The number of aryl methyl sites for hydroxylation is 1. The minimum absolute atomic E-state index is 0.211. The van der Waals surface area contributed by atoms with E-state index >= 15 is 0 Å². The zero-order valence-electron chi connectivity index (χ0n) is 15.5. The minimum Gasteiger partial charge on any atom is -0.507 e. The van der Waals surface area contributed by atoms with Crippen molar-refractivity contribution < 1.29 is 9.63 Å². The number of nitrogens with zero attached hydrogens (tertiary/aromatic N) is 2. The van der Waals surface area contributed by atoms with Crippen LogP contribution >= 0.6 is 11.6 Å². The second-order valence-electron chi connectivity index (χ2n) is 6.86. The largest absolute Gasteiger partial charge is 0.507 e. The van der Waals surface area contributed by atoms with Gasteiger partial charge in [-0.15, -0.1) is 0 Å². The fraction of sp³-hybridized carbons (Fsp3) is 0.0435. The summed E-state index contributed by atoms with van der Waals surface area (Å²) in [7, 11) is 0. The zero-order valence-corrected chi connectivity index (χ0v) is 16.2. The SMILES string of the molecule is Cc1nc(-c2ccc3[nH]c(-c4cc(-c5ccc(Cl)cc5)ccc4O)cc3c2)no1. The van der Waals surface area contributed by atoms with Crippen molar-refractivity contribution in [2.24, 2.45) is 0 Å². The molecule has 0 aliphatic heterocycles. The smallest absolute Gasteiger partial charge is 0.223 e. The Morgan fingerprint density at radius 1 is 0.897 bits per heavy atom. The molecule has 5 nitrogen and oxygen atoms in total. The molecule has 0 saturated heterocycles. The third kappa shape index (κ3) is 3.26. The van der Waals surface area contributed by atoms with Crippen molar-refractivity contribution in [2.45, 2.75) is 6.92 Å². The molecule has 0 aliphatic rings.